The number of amides is 1. The number of rotatable bonds is 4. The molecule has 0 aliphatic carbocycles. The van der Waals surface area contributed by atoms with Crippen LogP contribution in [0.2, 0.25) is 0 Å². The zero-order valence-corrected chi connectivity index (χ0v) is 12.4. The lowest BCUT2D eigenvalue weighted by Gasteiger charge is -2.35. The third kappa shape index (κ3) is 3.19. The van der Waals surface area contributed by atoms with Crippen LogP contribution in [0.25, 0.3) is 0 Å². The fraction of sp³-hybridized carbons (Fsp3) is 0.714. The number of carbonyl (C=O) groups is 1. The van der Waals surface area contributed by atoms with Gasteiger partial charge in [-0.25, -0.2) is 0 Å². The van der Waals surface area contributed by atoms with Crippen LogP contribution in [-0.2, 0) is 11.8 Å². The van der Waals surface area contributed by atoms with E-state index in [1.54, 1.807) is 17.9 Å². The van der Waals surface area contributed by atoms with Crippen LogP contribution in [0.5, 0.6) is 0 Å². The summed E-state index contributed by atoms with van der Waals surface area (Å²) in [5.74, 6) is 0.398. The first-order chi connectivity index (χ1) is 9.52. The van der Waals surface area contributed by atoms with Gasteiger partial charge in [-0.05, 0) is 32.7 Å². The Morgan fingerprint density at radius 3 is 2.60 bits per heavy atom. The third-order valence-corrected chi connectivity index (χ3v) is 4.13. The van der Waals surface area contributed by atoms with Crippen LogP contribution < -0.4 is 5.32 Å². The number of aliphatic hydroxyl groups excluding tert-OH is 1. The average Bonchev–Trinajstić information content (AvgIpc) is 2.86. The van der Waals surface area contributed by atoms with E-state index in [4.69, 9.17) is 0 Å². The van der Waals surface area contributed by atoms with Gasteiger partial charge in [0.15, 0.2) is 0 Å². The molecule has 1 fully saturated rings. The van der Waals surface area contributed by atoms with Crippen molar-refractivity contribution in [1.82, 2.24) is 20.0 Å². The van der Waals surface area contributed by atoms with Crippen LogP contribution in [0.1, 0.15) is 31.4 Å². The lowest BCUT2D eigenvalue weighted by Crippen LogP contribution is -2.45. The van der Waals surface area contributed by atoms with E-state index in [9.17, 15) is 9.90 Å². The van der Waals surface area contributed by atoms with Crippen LogP contribution in [0, 0.1) is 5.92 Å². The quantitative estimate of drug-likeness (QED) is 0.832. The molecule has 20 heavy (non-hydrogen) atoms. The Balaban J connectivity index is 2.00. The Labute approximate surface area is 119 Å². The van der Waals surface area contributed by atoms with Crippen molar-refractivity contribution in [1.29, 1.82) is 0 Å². The number of nitrogens with one attached hydrogen (secondary N) is 1. The van der Waals surface area contributed by atoms with Crippen molar-refractivity contribution in [3.8, 4) is 0 Å². The largest absolute Gasteiger partial charge is 0.393 e. The molecule has 1 saturated heterocycles. The molecule has 2 atom stereocenters. The smallest absolute Gasteiger partial charge is 0.244 e. The Kier molecular flexibility index (Phi) is 4.77. The van der Waals surface area contributed by atoms with E-state index >= 15 is 0 Å². The lowest BCUT2D eigenvalue weighted by atomic mass is 9.91. The molecule has 1 aromatic heterocycles. The zero-order valence-electron chi connectivity index (χ0n) is 12.4. The minimum atomic E-state index is -0.341. The lowest BCUT2D eigenvalue weighted by molar-refractivity contribution is -0.135. The van der Waals surface area contributed by atoms with Crippen molar-refractivity contribution < 1.29 is 9.90 Å². The van der Waals surface area contributed by atoms with E-state index in [1.807, 2.05) is 25.1 Å². The summed E-state index contributed by atoms with van der Waals surface area (Å²) in [6, 6.07) is -0.341. The number of aliphatic hydroxyl groups is 1. The van der Waals surface area contributed by atoms with Crippen molar-refractivity contribution >= 4 is 5.91 Å². The Morgan fingerprint density at radius 1 is 1.50 bits per heavy atom. The summed E-state index contributed by atoms with van der Waals surface area (Å²) in [5.41, 5.74) is 0.887. The van der Waals surface area contributed by atoms with Crippen molar-refractivity contribution in [2.75, 3.05) is 20.1 Å². The molecular formula is C14H24N4O2. The van der Waals surface area contributed by atoms with Gasteiger partial charge in [-0.2, -0.15) is 5.10 Å². The van der Waals surface area contributed by atoms with Crippen LogP contribution in [0.3, 0.4) is 0 Å². The van der Waals surface area contributed by atoms with Gasteiger partial charge in [-0.3, -0.25) is 9.48 Å². The molecule has 6 heteroatoms. The number of aromatic nitrogens is 2. The highest BCUT2D eigenvalue weighted by Crippen LogP contribution is 2.23. The highest BCUT2D eigenvalue weighted by atomic mass is 16.3. The number of hydrogen-bond donors (Lipinski definition) is 2. The average molecular weight is 280 g/mol. The minimum Gasteiger partial charge on any atom is -0.393 e. The molecule has 0 aromatic carbocycles. The summed E-state index contributed by atoms with van der Waals surface area (Å²) in [7, 11) is 3.63. The predicted octanol–water partition coefficient (Wildman–Crippen LogP) is 0.300. The summed E-state index contributed by atoms with van der Waals surface area (Å²) in [4.78, 5) is 14.5. The molecule has 1 aliphatic heterocycles. The van der Waals surface area contributed by atoms with Crippen molar-refractivity contribution in [3.63, 3.8) is 0 Å². The predicted molar refractivity (Wildman–Crippen MR) is 76.0 cm³/mol. The fourth-order valence-corrected chi connectivity index (χ4v) is 2.81. The SMILES string of the molecule is CNC(C(=O)N1CCC(C(C)O)CC1)c1cnn(C)c1. The summed E-state index contributed by atoms with van der Waals surface area (Å²) in [6.45, 7) is 3.26. The monoisotopic (exact) mass is 280 g/mol. The maximum Gasteiger partial charge on any atom is 0.244 e. The second-order valence-corrected chi connectivity index (χ2v) is 5.57. The van der Waals surface area contributed by atoms with Gasteiger partial charge in [0.25, 0.3) is 0 Å². The summed E-state index contributed by atoms with van der Waals surface area (Å²) >= 11 is 0. The maximum absolute atomic E-state index is 12.6. The van der Waals surface area contributed by atoms with Gasteiger partial charge in [0, 0.05) is 31.9 Å². The van der Waals surface area contributed by atoms with E-state index in [2.05, 4.69) is 10.4 Å². The van der Waals surface area contributed by atoms with E-state index < -0.39 is 0 Å². The Morgan fingerprint density at radius 2 is 2.15 bits per heavy atom. The van der Waals surface area contributed by atoms with E-state index in [-0.39, 0.29) is 18.1 Å². The van der Waals surface area contributed by atoms with Gasteiger partial charge < -0.3 is 15.3 Å². The second kappa shape index (κ2) is 6.37. The number of piperidine rings is 1. The van der Waals surface area contributed by atoms with E-state index in [0.29, 0.717) is 19.0 Å². The van der Waals surface area contributed by atoms with E-state index in [0.717, 1.165) is 18.4 Å². The number of aryl methyl sites for hydroxylation is 1. The van der Waals surface area contributed by atoms with Gasteiger partial charge >= 0.3 is 0 Å². The third-order valence-electron chi connectivity index (χ3n) is 4.13. The molecule has 1 aromatic rings. The molecular weight excluding hydrogens is 256 g/mol. The second-order valence-electron chi connectivity index (χ2n) is 5.57. The van der Waals surface area contributed by atoms with Gasteiger partial charge in [0.05, 0.1) is 12.3 Å². The normalized spacial score (nSPS) is 19.9. The first-order valence-electron chi connectivity index (χ1n) is 7.15. The van der Waals surface area contributed by atoms with Crippen molar-refractivity contribution in [3.05, 3.63) is 18.0 Å². The molecule has 112 valence electrons. The van der Waals surface area contributed by atoms with Gasteiger partial charge in [-0.1, -0.05) is 0 Å². The fourth-order valence-electron chi connectivity index (χ4n) is 2.81. The standard InChI is InChI=1S/C14H24N4O2/c1-10(19)11-4-6-18(7-5-11)14(20)13(15-2)12-8-16-17(3)9-12/h8-11,13,15,19H,4-7H2,1-3H3. The first-order valence-corrected chi connectivity index (χ1v) is 7.15. The molecule has 0 saturated carbocycles. The summed E-state index contributed by atoms with van der Waals surface area (Å²) < 4.78 is 1.70. The van der Waals surface area contributed by atoms with Crippen LogP contribution in [0.15, 0.2) is 12.4 Å². The molecule has 0 spiro atoms. The minimum absolute atomic E-state index is 0.0875. The molecule has 0 radical (unpaired) electrons. The zero-order chi connectivity index (χ0) is 14.7. The Hall–Kier alpha value is -1.40. The van der Waals surface area contributed by atoms with Gasteiger partial charge in [0.1, 0.15) is 6.04 Å². The summed E-state index contributed by atoms with van der Waals surface area (Å²) in [6.07, 6.45) is 5.04. The summed E-state index contributed by atoms with van der Waals surface area (Å²) in [5, 5.41) is 16.8. The molecule has 6 nitrogen and oxygen atoms in total. The van der Waals surface area contributed by atoms with Gasteiger partial charge in [0.2, 0.25) is 5.91 Å². The number of nitrogens with zero attached hydrogens (tertiary/aromatic N) is 3. The number of likely N-dealkylation sites (tertiary alicyclic amines) is 1. The van der Waals surface area contributed by atoms with Crippen LogP contribution in [0.4, 0.5) is 0 Å². The Bertz CT molecular complexity index is 450. The van der Waals surface area contributed by atoms with Crippen molar-refractivity contribution in [2.45, 2.75) is 31.9 Å². The van der Waals surface area contributed by atoms with Crippen LogP contribution >= 0.6 is 0 Å². The molecule has 2 rings (SSSR count). The molecule has 2 heterocycles. The highest BCUT2D eigenvalue weighted by molar-refractivity contribution is 5.83. The molecule has 2 N–H and O–H groups in total. The molecule has 2 unspecified atom stereocenters. The number of hydrogen-bond acceptors (Lipinski definition) is 4. The van der Waals surface area contributed by atoms with Crippen molar-refractivity contribution in [2.24, 2.45) is 13.0 Å². The van der Waals surface area contributed by atoms with Crippen LogP contribution in [-0.4, -0.2) is 51.9 Å². The first kappa shape index (κ1) is 15.0. The van der Waals surface area contributed by atoms with Gasteiger partial charge in [-0.15, -0.1) is 0 Å². The number of carbonyl (C=O) groups excluding carboxylic acids is 1. The molecule has 0 bridgehead atoms. The molecule has 1 amide bonds. The maximum atomic E-state index is 12.6. The van der Waals surface area contributed by atoms with E-state index in [1.165, 1.54) is 0 Å². The number of likely N-dealkylation sites (N-methyl/N-ethyl adjacent to an activating group) is 1. The topological polar surface area (TPSA) is 70.4 Å². The molecule has 1 aliphatic rings. The highest BCUT2D eigenvalue weighted by Gasteiger charge is 2.30.